The molecule has 0 saturated heterocycles. The number of benzene rings is 2. The highest BCUT2D eigenvalue weighted by Gasteiger charge is 2.18. The number of hydrogen-bond donors (Lipinski definition) is 0. The van der Waals surface area contributed by atoms with Gasteiger partial charge in [-0.1, -0.05) is 64.5 Å². The van der Waals surface area contributed by atoms with Gasteiger partial charge in [-0.15, -0.1) is 0 Å². The van der Waals surface area contributed by atoms with Crippen LogP contribution in [0, 0.1) is 0 Å². The lowest BCUT2D eigenvalue weighted by Gasteiger charge is -2.20. The minimum absolute atomic E-state index is 1.07. The van der Waals surface area contributed by atoms with Crippen LogP contribution in [0.1, 0.15) is 24.1 Å². The summed E-state index contributed by atoms with van der Waals surface area (Å²) in [6.07, 6.45) is 4.74. The molecular formula is C21H18BrN. The largest absolute Gasteiger partial charge is 0.252 e. The van der Waals surface area contributed by atoms with Gasteiger partial charge in [0.1, 0.15) is 0 Å². The van der Waals surface area contributed by atoms with Crippen LogP contribution in [0.25, 0.3) is 22.4 Å². The molecule has 0 aliphatic heterocycles. The van der Waals surface area contributed by atoms with Crippen molar-refractivity contribution in [2.24, 2.45) is 0 Å². The minimum atomic E-state index is 1.07. The second kappa shape index (κ2) is 6.29. The summed E-state index contributed by atoms with van der Waals surface area (Å²) in [5.74, 6) is 0. The molecule has 114 valence electrons. The summed E-state index contributed by atoms with van der Waals surface area (Å²) < 4.78 is 1.10. The predicted octanol–water partition coefficient (Wildman–Crippen LogP) is 6.06. The van der Waals surface area contributed by atoms with Crippen molar-refractivity contribution in [1.29, 1.82) is 0 Å². The standard InChI is InChI=1S/C21H18BrN/c22-19-12-6-4-11-17(19)21-14-18(15-8-2-1-3-9-15)16-10-5-7-13-20(16)23-21/h1-4,6,8-9,11-12,14H,5,7,10,13H2. The molecule has 2 heteroatoms. The average molecular weight is 364 g/mol. The Morgan fingerprint density at radius 3 is 2.35 bits per heavy atom. The van der Waals surface area contributed by atoms with E-state index in [-0.39, 0.29) is 0 Å². The van der Waals surface area contributed by atoms with Gasteiger partial charge in [0.2, 0.25) is 0 Å². The normalized spacial score (nSPS) is 13.6. The van der Waals surface area contributed by atoms with Gasteiger partial charge in [-0.05, 0) is 54.5 Å². The molecular weight excluding hydrogens is 346 g/mol. The average Bonchev–Trinajstić information content (AvgIpc) is 2.62. The lowest BCUT2D eigenvalue weighted by atomic mass is 9.88. The maximum atomic E-state index is 5.00. The Labute approximate surface area is 145 Å². The highest BCUT2D eigenvalue weighted by atomic mass is 79.9. The first-order valence-corrected chi connectivity index (χ1v) is 8.95. The Morgan fingerprint density at radius 1 is 0.783 bits per heavy atom. The van der Waals surface area contributed by atoms with Crippen molar-refractivity contribution >= 4 is 15.9 Å². The zero-order chi connectivity index (χ0) is 15.6. The lowest BCUT2D eigenvalue weighted by molar-refractivity contribution is 0.670. The highest BCUT2D eigenvalue weighted by Crippen LogP contribution is 2.35. The smallest absolute Gasteiger partial charge is 0.0723 e. The molecule has 1 aliphatic rings. The molecule has 0 bridgehead atoms. The molecule has 2 aromatic carbocycles. The van der Waals surface area contributed by atoms with Crippen LogP contribution < -0.4 is 0 Å². The Balaban J connectivity index is 1.94. The number of rotatable bonds is 2. The van der Waals surface area contributed by atoms with Crippen LogP contribution in [0.4, 0.5) is 0 Å². The minimum Gasteiger partial charge on any atom is -0.252 e. The van der Waals surface area contributed by atoms with Crippen LogP contribution in [-0.2, 0) is 12.8 Å². The topological polar surface area (TPSA) is 12.9 Å². The van der Waals surface area contributed by atoms with Crippen molar-refractivity contribution < 1.29 is 0 Å². The number of nitrogens with zero attached hydrogens (tertiary/aromatic N) is 1. The molecule has 4 rings (SSSR count). The van der Waals surface area contributed by atoms with Crippen LogP contribution in [0.3, 0.4) is 0 Å². The monoisotopic (exact) mass is 363 g/mol. The number of hydrogen-bond acceptors (Lipinski definition) is 1. The van der Waals surface area contributed by atoms with Crippen molar-refractivity contribution in [3.63, 3.8) is 0 Å². The molecule has 1 heterocycles. The fourth-order valence-corrected chi connectivity index (χ4v) is 3.87. The quantitative estimate of drug-likeness (QED) is 0.539. The van der Waals surface area contributed by atoms with Gasteiger partial charge in [0, 0.05) is 15.7 Å². The van der Waals surface area contributed by atoms with Gasteiger partial charge in [-0.25, -0.2) is 0 Å². The first kappa shape index (κ1) is 14.6. The van der Waals surface area contributed by atoms with Crippen molar-refractivity contribution in [1.82, 2.24) is 4.98 Å². The van der Waals surface area contributed by atoms with Crippen LogP contribution in [0.15, 0.2) is 65.1 Å². The van der Waals surface area contributed by atoms with E-state index in [1.807, 2.05) is 6.07 Å². The van der Waals surface area contributed by atoms with E-state index in [2.05, 4.69) is 70.5 Å². The third-order valence-corrected chi connectivity index (χ3v) is 5.23. The first-order valence-electron chi connectivity index (χ1n) is 8.16. The Bertz CT molecular complexity index is 840. The molecule has 0 amide bonds. The molecule has 0 atom stereocenters. The SMILES string of the molecule is Brc1ccccc1-c1cc(-c2ccccc2)c2c(n1)CCCC2. The summed E-state index contributed by atoms with van der Waals surface area (Å²) >= 11 is 3.67. The van der Waals surface area contributed by atoms with Gasteiger partial charge in [0.15, 0.2) is 0 Å². The van der Waals surface area contributed by atoms with E-state index in [1.54, 1.807) is 0 Å². The number of pyridine rings is 1. The zero-order valence-corrected chi connectivity index (χ0v) is 14.5. The highest BCUT2D eigenvalue weighted by molar-refractivity contribution is 9.10. The second-order valence-electron chi connectivity index (χ2n) is 6.03. The Kier molecular flexibility index (Phi) is 4.00. The number of aromatic nitrogens is 1. The van der Waals surface area contributed by atoms with Crippen molar-refractivity contribution in [3.05, 3.63) is 76.4 Å². The fraction of sp³-hybridized carbons (Fsp3) is 0.190. The summed E-state index contributed by atoms with van der Waals surface area (Å²) in [5, 5.41) is 0. The molecule has 1 aromatic heterocycles. The van der Waals surface area contributed by atoms with Crippen LogP contribution in [-0.4, -0.2) is 4.98 Å². The van der Waals surface area contributed by atoms with E-state index in [0.717, 1.165) is 28.6 Å². The predicted molar refractivity (Wildman–Crippen MR) is 99.5 cm³/mol. The maximum Gasteiger partial charge on any atom is 0.0723 e. The molecule has 0 spiro atoms. The molecule has 0 radical (unpaired) electrons. The van der Waals surface area contributed by atoms with Crippen LogP contribution in [0.2, 0.25) is 0 Å². The van der Waals surface area contributed by atoms with E-state index in [4.69, 9.17) is 4.98 Å². The Morgan fingerprint density at radius 2 is 1.52 bits per heavy atom. The third-order valence-electron chi connectivity index (χ3n) is 4.53. The Hall–Kier alpha value is -1.93. The first-order chi connectivity index (χ1) is 11.3. The van der Waals surface area contributed by atoms with Crippen LogP contribution in [0.5, 0.6) is 0 Å². The van der Waals surface area contributed by atoms with E-state index in [0.29, 0.717) is 0 Å². The van der Waals surface area contributed by atoms with Crippen molar-refractivity contribution in [2.75, 3.05) is 0 Å². The summed E-state index contributed by atoms with van der Waals surface area (Å²) in [7, 11) is 0. The molecule has 0 saturated carbocycles. The number of aryl methyl sites for hydroxylation is 1. The van der Waals surface area contributed by atoms with Gasteiger partial charge in [0.25, 0.3) is 0 Å². The van der Waals surface area contributed by atoms with Gasteiger partial charge in [-0.2, -0.15) is 0 Å². The third kappa shape index (κ3) is 2.84. The van der Waals surface area contributed by atoms with Gasteiger partial charge in [-0.3, -0.25) is 4.98 Å². The maximum absolute atomic E-state index is 5.00. The zero-order valence-electron chi connectivity index (χ0n) is 12.9. The molecule has 0 N–H and O–H groups in total. The summed E-state index contributed by atoms with van der Waals surface area (Å²) in [5.41, 5.74) is 7.60. The molecule has 23 heavy (non-hydrogen) atoms. The number of fused-ring (bicyclic) bond motifs is 1. The fourth-order valence-electron chi connectivity index (χ4n) is 3.39. The van der Waals surface area contributed by atoms with Gasteiger partial charge < -0.3 is 0 Å². The summed E-state index contributed by atoms with van der Waals surface area (Å²) in [4.78, 5) is 5.00. The number of halogens is 1. The molecule has 3 aromatic rings. The van der Waals surface area contributed by atoms with E-state index in [1.165, 1.54) is 35.2 Å². The molecule has 0 fully saturated rings. The summed E-state index contributed by atoms with van der Waals surface area (Å²) in [6, 6.07) is 21.3. The van der Waals surface area contributed by atoms with Crippen molar-refractivity contribution in [3.8, 4) is 22.4 Å². The van der Waals surface area contributed by atoms with Crippen LogP contribution >= 0.6 is 15.9 Å². The van der Waals surface area contributed by atoms with E-state index < -0.39 is 0 Å². The molecule has 0 unspecified atom stereocenters. The van der Waals surface area contributed by atoms with Crippen molar-refractivity contribution in [2.45, 2.75) is 25.7 Å². The van der Waals surface area contributed by atoms with E-state index >= 15 is 0 Å². The summed E-state index contributed by atoms with van der Waals surface area (Å²) in [6.45, 7) is 0. The molecule has 1 aliphatic carbocycles. The van der Waals surface area contributed by atoms with Gasteiger partial charge >= 0.3 is 0 Å². The second-order valence-corrected chi connectivity index (χ2v) is 6.89. The molecule has 1 nitrogen and oxygen atoms in total. The van der Waals surface area contributed by atoms with Gasteiger partial charge in [0.05, 0.1) is 5.69 Å². The lowest BCUT2D eigenvalue weighted by Crippen LogP contribution is -2.08. The van der Waals surface area contributed by atoms with E-state index in [9.17, 15) is 0 Å².